The standard InChI is InChI=1S/C20H25FN4OS/c21-18-7-3-2-6-17(18)19(26)24-10-12-25(13-11-24)20-22-16(15-27-20)14-23-8-4-1-5-9-23/h2-3,6-7,15H,1,4-5,8-14H2. The Morgan fingerprint density at radius 1 is 1.04 bits per heavy atom. The molecule has 2 saturated heterocycles. The topological polar surface area (TPSA) is 39.7 Å². The van der Waals surface area contributed by atoms with Gasteiger partial charge in [-0.05, 0) is 38.1 Å². The first kappa shape index (κ1) is 18.4. The van der Waals surface area contributed by atoms with Crippen LogP contribution in [-0.2, 0) is 6.54 Å². The third-order valence-electron chi connectivity index (χ3n) is 5.32. The SMILES string of the molecule is O=C(c1ccccc1F)N1CCN(c2nc(CN3CCCCC3)cs2)CC1. The van der Waals surface area contributed by atoms with Crippen LogP contribution in [0.3, 0.4) is 0 Å². The van der Waals surface area contributed by atoms with E-state index in [1.165, 1.54) is 38.4 Å². The molecule has 4 rings (SSSR count). The minimum Gasteiger partial charge on any atom is -0.345 e. The Morgan fingerprint density at radius 2 is 1.78 bits per heavy atom. The zero-order valence-corrected chi connectivity index (χ0v) is 16.3. The molecule has 0 saturated carbocycles. The molecule has 0 unspecified atom stereocenters. The van der Waals surface area contributed by atoms with Crippen LogP contribution in [0, 0.1) is 5.82 Å². The van der Waals surface area contributed by atoms with Crippen LogP contribution >= 0.6 is 11.3 Å². The highest BCUT2D eigenvalue weighted by Gasteiger charge is 2.25. The van der Waals surface area contributed by atoms with Gasteiger partial charge in [0.1, 0.15) is 5.82 Å². The summed E-state index contributed by atoms with van der Waals surface area (Å²) in [5.41, 5.74) is 1.30. The minimum atomic E-state index is -0.452. The minimum absolute atomic E-state index is 0.156. The molecule has 1 aromatic carbocycles. The number of hydrogen-bond donors (Lipinski definition) is 0. The number of halogens is 1. The molecule has 0 bridgehead atoms. The molecule has 0 atom stereocenters. The Morgan fingerprint density at radius 3 is 2.52 bits per heavy atom. The van der Waals surface area contributed by atoms with Gasteiger partial charge in [0.15, 0.2) is 5.13 Å². The van der Waals surface area contributed by atoms with Gasteiger partial charge in [0.05, 0.1) is 11.3 Å². The number of hydrogen-bond acceptors (Lipinski definition) is 5. The summed E-state index contributed by atoms with van der Waals surface area (Å²) >= 11 is 1.68. The summed E-state index contributed by atoms with van der Waals surface area (Å²) in [5.74, 6) is -0.676. The van der Waals surface area contributed by atoms with E-state index >= 15 is 0 Å². The monoisotopic (exact) mass is 388 g/mol. The van der Waals surface area contributed by atoms with E-state index in [-0.39, 0.29) is 11.5 Å². The molecule has 2 fully saturated rings. The van der Waals surface area contributed by atoms with Crippen molar-refractivity contribution in [3.63, 3.8) is 0 Å². The van der Waals surface area contributed by atoms with E-state index < -0.39 is 5.82 Å². The molecular formula is C20H25FN4OS. The average molecular weight is 389 g/mol. The highest BCUT2D eigenvalue weighted by molar-refractivity contribution is 7.13. The van der Waals surface area contributed by atoms with E-state index in [4.69, 9.17) is 4.98 Å². The molecule has 144 valence electrons. The zero-order valence-electron chi connectivity index (χ0n) is 15.4. The highest BCUT2D eigenvalue weighted by Crippen LogP contribution is 2.24. The normalized spacial score (nSPS) is 18.7. The molecule has 1 amide bonds. The molecule has 2 aliphatic heterocycles. The Labute approximate surface area is 163 Å². The first-order valence-corrected chi connectivity index (χ1v) is 10.5. The van der Waals surface area contributed by atoms with Crippen LogP contribution in [0.2, 0.25) is 0 Å². The van der Waals surface area contributed by atoms with Gasteiger partial charge in [-0.15, -0.1) is 11.3 Å². The summed E-state index contributed by atoms with van der Waals surface area (Å²) in [7, 11) is 0. The number of thiazole rings is 1. The molecule has 1 aromatic heterocycles. The molecule has 3 heterocycles. The summed E-state index contributed by atoms with van der Waals surface area (Å²) < 4.78 is 13.9. The molecule has 2 aliphatic rings. The lowest BCUT2D eigenvalue weighted by Gasteiger charge is -2.34. The number of carbonyl (C=O) groups excluding carboxylic acids is 1. The summed E-state index contributed by atoms with van der Waals surface area (Å²) in [5, 5.41) is 3.18. The average Bonchev–Trinajstić information content (AvgIpc) is 3.17. The van der Waals surface area contributed by atoms with Crippen molar-refractivity contribution in [2.24, 2.45) is 0 Å². The first-order chi connectivity index (χ1) is 13.2. The zero-order chi connectivity index (χ0) is 18.6. The van der Waals surface area contributed by atoms with Gasteiger partial charge in [0.25, 0.3) is 5.91 Å². The van der Waals surface area contributed by atoms with Crippen LogP contribution in [-0.4, -0.2) is 60.0 Å². The lowest BCUT2D eigenvalue weighted by Crippen LogP contribution is -2.49. The van der Waals surface area contributed by atoms with Crippen molar-refractivity contribution in [3.8, 4) is 0 Å². The van der Waals surface area contributed by atoms with Gasteiger partial charge in [0, 0.05) is 38.1 Å². The van der Waals surface area contributed by atoms with E-state index in [0.717, 1.165) is 30.5 Å². The number of amides is 1. The van der Waals surface area contributed by atoms with Crippen molar-refractivity contribution in [2.75, 3.05) is 44.2 Å². The lowest BCUT2D eigenvalue weighted by atomic mass is 10.1. The largest absolute Gasteiger partial charge is 0.345 e. The lowest BCUT2D eigenvalue weighted by molar-refractivity contribution is 0.0742. The summed E-state index contributed by atoms with van der Waals surface area (Å²) in [6.45, 7) is 5.92. The second-order valence-electron chi connectivity index (χ2n) is 7.22. The number of anilines is 1. The van der Waals surface area contributed by atoms with Crippen LogP contribution in [0.5, 0.6) is 0 Å². The van der Waals surface area contributed by atoms with E-state index in [2.05, 4.69) is 15.2 Å². The van der Waals surface area contributed by atoms with Gasteiger partial charge in [-0.1, -0.05) is 18.6 Å². The van der Waals surface area contributed by atoms with Crippen molar-refractivity contribution in [1.29, 1.82) is 0 Å². The van der Waals surface area contributed by atoms with Gasteiger partial charge < -0.3 is 9.80 Å². The fourth-order valence-corrected chi connectivity index (χ4v) is 4.64. The van der Waals surface area contributed by atoms with Crippen LogP contribution in [0.1, 0.15) is 35.3 Å². The predicted molar refractivity (Wildman–Crippen MR) is 106 cm³/mol. The van der Waals surface area contributed by atoms with Gasteiger partial charge in [0.2, 0.25) is 0 Å². The molecule has 0 radical (unpaired) electrons. The Kier molecular flexibility index (Phi) is 5.69. The Bertz CT molecular complexity index is 782. The van der Waals surface area contributed by atoms with Crippen molar-refractivity contribution >= 4 is 22.4 Å². The molecule has 27 heavy (non-hydrogen) atoms. The maximum absolute atomic E-state index is 13.9. The second kappa shape index (κ2) is 8.35. The van der Waals surface area contributed by atoms with Gasteiger partial charge in [-0.25, -0.2) is 9.37 Å². The number of aromatic nitrogens is 1. The molecule has 0 N–H and O–H groups in total. The molecule has 0 spiro atoms. The highest BCUT2D eigenvalue weighted by atomic mass is 32.1. The number of benzene rings is 1. The second-order valence-corrected chi connectivity index (χ2v) is 8.05. The van der Waals surface area contributed by atoms with E-state index in [1.807, 2.05) is 0 Å². The first-order valence-electron chi connectivity index (χ1n) is 9.66. The number of carbonyl (C=O) groups is 1. The van der Waals surface area contributed by atoms with Crippen LogP contribution in [0.15, 0.2) is 29.6 Å². The fourth-order valence-electron chi connectivity index (χ4n) is 3.77. The third kappa shape index (κ3) is 4.30. The molecule has 5 nitrogen and oxygen atoms in total. The Balaban J connectivity index is 1.33. The summed E-state index contributed by atoms with van der Waals surface area (Å²) in [4.78, 5) is 23.8. The fraction of sp³-hybridized carbons (Fsp3) is 0.500. The number of nitrogens with zero attached hydrogens (tertiary/aromatic N) is 4. The van der Waals surface area contributed by atoms with Crippen molar-refractivity contribution in [3.05, 3.63) is 46.7 Å². The van der Waals surface area contributed by atoms with Crippen molar-refractivity contribution < 1.29 is 9.18 Å². The third-order valence-corrected chi connectivity index (χ3v) is 6.27. The van der Waals surface area contributed by atoms with E-state index in [9.17, 15) is 9.18 Å². The summed E-state index contributed by atoms with van der Waals surface area (Å²) in [6, 6.07) is 6.20. The van der Waals surface area contributed by atoms with Crippen LogP contribution < -0.4 is 4.90 Å². The number of piperazine rings is 1. The van der Waals surface area contributed by atoms with Crippen molar-refractivity contribution in [1.82, 2.24) is 14.8 Å². The van der Waals surface area contributed by atoms with Gasteiger partial charge in [-0.2, -0.15) is 0 Å². The quantitative estimate of drug-likeness (QED) is 0.806. The number of rotatable bonds is 4. The predicted octanol–water partition coefficient (Wildman–Crippen LogP) is 3.23. The Hall–Kier alpha value is -1.99. The van der Waals surface area contributed by atoms with E-state index in [0.29, 0.717) is 13.1 Å². The molecule has 7 heteroatoms. The van der Waals surface area contributed by atoms with Crippen LogP contribution in [0.4, 0.5) is 9.52 Å². The number of likely N-dealkylation sites (tertiary alicyclic amines) is 1. The maximum atomic E-state index is 13.9. The molecule has 2 aromatic rings. The maximum Gasteiger partial charge on any atom is 0.256 e. The smallest absolute Gasteiger partial charge is 0.256 e. The van der Waals surface area contributed by atoms with Crippen molar-refractivity contribution in [2.45, 2.75) is 25.8 Å². The van der Waals surface area contributed by atoms with Gasteiger partial charge >= 0.3 is 0 Å². The summed E-state index contributed by atoms with van der Waals surface area (Å²) in [6.07, 6.45) is 3.92. The number of piperidine rings is 1. The van der Waals surface area contributed by atoms with Crippen LogP contribution in [0.25, 0.3) is 0 Å². The van der Waals surface area contributed by atoms with Gasteiger partial charge in [-0.3, -0.25) is 9.69 Å². The molecule has 0 aliphatic carbocycles. The molecular weight excluding hydrogens is 363 g/mol. The van der Waals surface area contributed by atoms with E-state index in [1.54, 1.807) is 34.4 Å².